The van der Waals surface area contributed by atoms with Crippen molar-refractivity contribution in [1.82, 2.24) is 10.2 Å². The molecule has 9 nitrogen and oxygen atoms in total. The lowest BCUT2D eigenvalue weighted by molar-refractivity contribution is -0.145. The molecule has 3 rings (SSSR count). The van der Waals surface area contributed by atoms with Crippen LogP contribution in [0.3, 0.4) is 0 Å². The predicted molar refractivity (Wildman–Crippen MR) is 118 cm³/mol. The zero-order valence-corrected chi connectivity index (χ0v) is 19.5. The minimum atomic E-state index is -0.748. The number of halogens is 1. The van der Waals surface area contributed by atoms with E-state index in [1.165, 1.54) is 6.08 Å². The molecule has 1 N–H and O–H groups in total. The van der Waals surface area contributed by atoms with Crippen molar-refractivity contribution < 1.29 is 33.4 Å². The van der Waals surface area contributed by atoms with E-state index in [0.29, 0.717) is 28.1 Å². The maximum atomic E-state index is 13.0. The van der Waals surface area contributed by atoms with Crippen molar-refractivity contribution in [3.8, 4) is 11.5 Å². The first kappa shape index (κ1) is 23.8. The maximum Gasteiger partial charge on any atom is 0.344 e. The van der Waals surface area contributed by atoms with Crippen LogP contribution in [0.4, 0.5) is 4.79 Å². The number of esters is 1. The highest BCUT2D eigenvalue weighted by Gasteiger charge is 2.40. The van der Waals surface area contributed by atoms with Gasteiger partial charge in [0.25, 0.3) is 11.8 Å². The van der Waals surface area contributed by atoms with E-state index in [1.54, 1.807) is 26.0 Å². The van der Waals surface area contributed by atoms with Crippen molar-refractivity contribution in [1.29, 1.82) is 0 Å². The average Bonchev–Trinajstić information content (AvgIpc) is 3.26. The molecule has 1 aromatic rings. The fourth-order valence-corrected chi connectivity index (χ4v) is 4.14. The van der Waals surface area contributed by atoms with Gasteiger partial charge in [0.15, 0.2) is 18.1 Å². The van der Waals surface area contributed by atoms with E-state index < -0.39 is 23.8 Å². The van der Waals surface area contributed by atoms with Crippen LogP contribution in [0.2, 0.25) is 0 Å². The number of amides is 4. The molecular formula is C22H25BrN2O7. The lowest BCUT2D eigenvalue weighted by atomic mass is 10.0. The van der Waals surface area contributed by atoms with Crippen LogP contribution in [0.5, 0.6) is 11.5 Å². The van der Waals surface area contributed by atoms with Crippen LogP contribution >= 0.6 is 15.9 Å². The van der Waals surface area contributed by atoms with Crippen molar-refractivity contribution >= 4 is 45.8 Å². The van der Waals surface area contributed by atoms with Gasteiger partial charge in [-0.1, -0.05) is 28.8 Å². The molecule has 1 aliphatic carbocycles. The Bertz CT molecular complexity index is 954. The summed E-state index contributed by atoms with van der Waals surface area (Å²) in [6.45, 7) is 3.77. The zero-order valence-electron chi connectivity index (χ0n) is 17.9. The van der Waals surface area contributed by atoms with Crippen molar-refractivity contribution in [3.05, 3.63) is 27.7 Å². The van der Waals surface area contributed by atoms with Gasteiger partial charge in [0, 0.05) is 10.5 Å². The summed E-state index contributed by atoms with van der Waals surface area (Å²) in [5.41, 5.74) is 0.344. The lowest BCUT2D eigenvalue weighted by Gasteiger charge is -2.31. The number of urea groups is 1. The molecule has 2 fully saturated rings. The zero-order chi connectivity index (χ0) is 23.3. The Balaban J connectivity index is 1.90. The Hall–Kier alpha value is -2.88. The standard InChI is InChI=1S/C22H25BrN2O7/c1-3-30-17-10-13(16(23)11-18(17)32-12-19(26)31-4-2)9-15-20(27)24-22(29)25(21(15)28)14-7-5-6-8-14/h9-11,14H,3-8,12H2,1-2H3,(H,24,27,29)/b15-9+. The van der Waals surface area contributed by atoms with Crippen molar-refractivity contribution in [2.24, 2.45) is 0 Å². The number of ether oxygens (including phenoxy) is 3. The molecule has 32 heavy (non-hydrogen) atoms. The van der Waals surface area contributed by atoms with E-state index in [0.717, 1.165) is 30.6 Å². The first-order valence-corrected chi connectivity index (χ1v) is 11.3. The van der Waals surface area contributed by atoms with E-state index >= 15 is 0 Å². The number of nitrogens with one attached hydrogen (secondary N) is 1. The summed E-state index contributed by atoms with van der Waals surface area (Å²) in [7, 11) is 0. The van der Waals surface area contributed by atoms with E-state index in [1.807, 2.05) is 0 Å². The fraction of sp³-hybridized carbons (Fsp3) is 0.455. The van der Waals surface area contributed by atoms with Crippen LogP contribution in [0.25, 0.3) is 6.08 Å². The molecule has 0 aromatic heterocycles. The third kappa shape index (κ3) is 5.29. The number of hydrogen-bond donors (Lipinski definition) is 1. The predicted octanol–water partition coefficient (Wildman–Crippen LogP) is 3.19. The number of barbiturate groups is 1. The largest absolute Gasteiger partial charge is 0.490 e. The van der Waals surface area contributed by atoms with Crippen molar-refractivity contribution in [3.63, 3.8) is 0 Å². The number of benzene rings is 1. The summed E-state index contributed by atoms with van der Waals surface area (Å²) < 4.78 is 16.5. The Morgan fingerprint density at radius 2 is 1.81 bits per heavy atom. The van der Waals surface area contributed by atoms with Gasteiger partial charge in [-0.3, -0.25) is 19.8 Å². The van der Waals surface area contributed by atoms with Crippen molar-refractivity contribution in [2.45, 2.75) is 45.6 Å². The molecule has 1 saturated carbocycles. The molecule has 10 heteroatoms. The third-order valence-electron chi connectivity index (χ3n) is 5.14. The van der Waals surface area contributed by atoms with Gasteiger partial charge in [-0.15, -0.1) is 0 Å². The van der Waals surface area contributed by atoms with Gasteiger partial charge in [0.2, 0.25) is 0 Å². The Kier molecular flexibility index (Phi) is 7.89. The number of carbonyl (C=O) groups excluding carboxylic acids is 4. The van der Waals surface area contributed by atoms with E-state index in [-0.39, 0.29) is 24.8 Å². The van der Waals surface area contributed by atoms with Crippen molar-refractivity contribution in [2.75, 3.05) is 19.8 Å². The summed E-state index contributed by atoms with van der Waals surface area (Å²) in [5.74, 6) is -1.24. The second kappa shape index (κ2) is 10.6. The van der Waals surface area contributed by atoms with E-state index in [9.17, 15) is 19.2 Å². The quantitative estimate of drug-likeness (QED) is 0.326. The van der Waals surface area contributed by atoms with Crippen LogP contribution in [0.15, 0.2) is 22.2 Å². The highest BCUT2D eigenvalue weighted by atomic mass is 79.9. The molecule has 0 atom stereocenters. The number of carbonyl (C=O) groups is 4. The minimum Gasteiger partial charge on any atom is -0.490 e. The first-order valence-electron chi connectivity index (χ1n) is 10.5. The molecule has 4 amide bonds. The highest BCUT2D eigenvalue weighted by Crippen LogP contribution is 2.36. The fourth-order valence-electron chi connectivity index (χ4n) is 3.70. The molecular weight excluding hydrogens is 484 g/mol. The average molecular weight is 509 g/mol. The summed E-state index contributed by atoms with van der Waals surface area (Å²) in [6, 6.07) is 2.29. The van der Waals surface area contributed by atoms with Gasteiger partial charge in [-0.05, 0) is 50.5 Å². The van der Waals surface area contributed by atoms with E-state index in [4.69, 9.17) is 14.2 Å². The first-order chi connectivity index (χ1) is 15.3. The molecule has 172 valence electrons. The minimum absolute atomic E-state index is 0.139. The Labute approximate surface area is 194 Å². The molecule has 0 unspecified atom stereocenters. The van der Waals surface area contributed by atoms with Crippen LogP contribution in [-0.2, 0) is 19.1 Å². The Morgan fingerprint density at radius 1 is 1.12 bits per heavy atom. The van der Waals surface area contributed by atoms with Gasteiger partial charge in [-0.25, -0.2) is 9.59 Å². The number of rotatable bonds is 8. The molecule has 1 heterocycles. The number of hydrogen-bond acceptors (Lipinski definition) is 7. The van der Waals surface area contributed by atoms with Gasteiger partial charge in [-0.2, -0.15) is 0 Å². The third-order valence-corrected chi connectivity index (χ3v) is 5.82. The topological polar surface area (TPSA) is 111 Å². The lowest BCUT2D eigenvalue weighted by Crippen LogP contribution is -2.57. The molecule has 1 aromatic carbocycles. The summed E-state index contributed by atoms with van der Waals surface area (Å²) in [6.07, 6.45) is 4.74. The summed E-state index contributed by atoms with van der Waals surface area (Å²) in [5, 5.41) is 2.26. The molecule has 0 radical (unpaired) electrons. The number of imide groups is 2. The summed E-state index contributed by atoms with van der Waals surface area (Å²) >= 11 is 3.41. The second-order valence-corrected chi connectivity index (χ2v) is 8.13. The molecule has 0 spiro atoms. The molecule has 1 aliphatic heterocycles. The number of nitrogens with zero attached hydrogens (tertiary/aromatic N) is 1. The van der Waals surface area contributed by atoms with Gasteiger partial charge >= 0.3 is 12.0 Å². The molecule has 1 saturated heterocycles. The smallest absolute Gasteiger partial charge is 0.344 e. The van der Waals surface area contributed by atoms with Gasteiger partial charge in [0.05, 0.1) is 13.2 Å². The summed E-state index contributed by atoms with van der Waals surface area (Å²) in [4.78, 5) is 50.5. The normalized spacial score (nSPS) is 18.2. The van der Waals surface area contributed by atoms with Crippen LogP contribution in [0, 0.1) is 0 Å². The van der Waals surface area contributed by atoms with Crippen LogP contribution < -0.4 is 14.8 Å². The monoisotopic (exact) mass is 508 g/mol. The maximum absolute atomic E-state index is 13.0. The Morgan fingerprint density at radius 3 is 2.47 bits per heavy atom. The van der Waals surface area contributed by atoms with Gasteiger partial charge < -0.3 is 14.2 Å². The second-order valence-electron chi connectivity index (χ2n) is 7.28. The van der Waals surface area contributed by atoms with E-state index in [2.05, 4.69) is 21.2 Å². The molecule has 0 bridgehead atoms. The highest BCUT2D eigenvalue weighted by molar-refractivity contribution is 9.10. The SMILES string of the molecule is CCOC(=O)COc1cc(Br)c(/C=C2\C(=O)NC(=O)N(C3CCCC3)C2=O)cc1OCC. The van der Waals surface area contributed by atoms with Crippen LogP contribution in [-0.4, -0.2) is 54.6 Å². The van der Waals surface area contributed by atoms with Gasteiger partial charge in [0.1, 0.15) is 5.57 Å². The van der Waals surface area contributed by atoms with Crippen LogP contribution in [0.1, 0.15) is 45.1 Å². The molecule has 2 aliphatic rings.